The van der Waals surface area contributed by atoms with Crippen LogP contribution in [0.15, 0.2) is 36.9 Å². The van der Waals surface area contributed by atoms with Crippen LogP contribution in [0.4, 0.5) is 0 Å². The standard InChI is InChI=1S/C28H31N3O4/c1-5-21-22(11-10-17(2)27(33)31-12-14-34-15-13-31)30-24-18-8-6-7-9-19(18)26-20(25(24)29-21)16-23(32)28(3,4)35-26/h5-11,17,23,32H,1,12-16H2,2-4H3/b11-10-. The zero-order chi connectivity index (χ0) is 24.7. The molecular weight excluding hydrogens is 442 g/mol. The van der Waals surface area contributed by atoms with Crippen molar-refractivity contribution in [1.29, 1.82) is 0 Å². The number of hydrogen-bond acceptors (Lipinski definition) is 6. The maximum Gasteiger partial charge on any atom is 0.229 e. The highest BCUT2D eigenvalue weighted by Crippen LogP contribution is 2.43. The summed E-state index contributed by atoms with van der Waals surface area (Å²) in [7, 11) is 0. The molecule has 1 aromatic heterocycles. The van der Waals surface area contributed by atoms with Crippen LogP contribution in [0.1, 0.15) is 37.7 Å². The lowest BCUT2D eigenvalue weighted by atomic mass is 9.88. The summed E-state index contributed by atoms with van der Waals surface area (Å²) in [4.78, 5) is 24.6. The van der Waals surface area contributed by atoms with Crippen molar-refractivity contribution in [3.63, 3.8) is 0 Å². The number of benzene rings is 2. The molecular formula is C28H31N3O4. The Morgan fingerprint density at radius 1 is 1.17 bits per heavy atom. The Morgan fingerprint density at radius 2 is 1.86 bits per heavy atom. The van der Waals surface area contributed by atoms with E-state index in [4.69, 9.17) is 19.4 Å². The topological polar surface area (TPSA) is 84.8 Å². The van der Waals surface area contributed by atoms with E-state index in [1.807, 2.05) is 62.1 Å². The number of fused-ring (bicyclic) bond motifs is 6. The second-order valence-corrected chi connectivity index (χ2v) is 9.76. The molecule has 7 heteroatoms. The van der Waals surface area contributed by atoms with Crippen molar-refractivity contribution in [3.05, 3.63) is 53.9 Å². The van der Waals surface area contributed by atoms with Gasteiger partial charge in [-0.05, 0) is 26.0 Å². The highest BCUT2D eigenvalue weighted by atomic mass is 16.5. The van der Waals surface area contributed by atoms with Gasteiger partial charge in [0.1, 0.15) is 11.4 Å². The average molecular weight is 474 g/mol. The predicted octanol–water partition coefficient (Wildman–Crippen LogP) is 4.01. The Hall–Kier alpha value is -3.29. The van der Waals surface area contributed by atoms with E-state index in [9.17, 15) is 9.90 Å². The van der Waals surface area contributed by atoms with Crippen LogP contribution in [0.25, 0.3) is 34.0 Å². The minimum absolute atomic E-state index is 0.0757. The van der Waals surface area contributed by atoms with Gasteiger partial charge in [0.15, 0.2) is 0 Å². The summed E-state index contributed by atoms with van der Waals surface area (Å²) in [6.07, 6.45) is 5.16. The molecule has 2 aromatic carbocycles. The van der Waals surface area contributed by atoms with Crippen molar-refractivity contribution in [2.24, 2.45) is 5.92 Å². The van der Waals surface area contributed by atoms with Gasteiger partial charge >= 0.3 is 0 Å². The molecule has 2 aliphatic rings. The number of rotatable bonds is 4. The third-order valence-electron chi connectivity index (χ3n) is 6.95. The lowest BCUT2D eigenvalue weighted by Gasteiger charge is -2.38. The van der Waals surface area contributed by atoms with Crippen molar-refractivity contribution < 1.29 is 19.4 Å². The lowest BCUT2D eigenvalue weighted by molar-refractivity contribution is -0.137. The molecule has 5 rings (SSSR count). The van der Waals surface area contributed by atoms with E-state index in [0.29, 0.717) is 49.6 Å². The molecule has 1 amide bonds. The zero-order valence-corrected chi connectivity index (χ0v) is 20.5. The Kier molecular flexibility index (Phi) is 6.07. The van der Waals surface area contributed by atoms with Gasteiger partial charge in [0.25, 0.3) is 0 Å². The SMILES string of the molecule is C=Cc1nc2c3c(c4ccccc4c2nc1/C=C\C(C)C(=O)N1CCOCC1)OC(C)(C)C(O)C3. The monoisotopic (exact) mass is 473 g/mol. The number of ether oxygens (including phenoxy) is 2. The number of aliphatic hydroxyl groups excluding tert-OH is 1. The first-order chi connectivity index (χ1) is 16.8. The number of morpholine rings is 1. The normalized spacial score (nSPS) is 20.6. The van der Waals surface area contributed by atoms with Crippen LogP contribution < -0.4 is 4.74 Å². The smallest absolute Gasteiger partial charge is 0.229 e. The van der Waals surface area contributed by atoms with Crippen LogP contribution in [-0.4, -0.2) is 63.9 Å². The zero-order valence-electron chi connectivity index (χ0n) is 20.5. The first kappa shape index (κ1) is 23.5. The second kappa shape index (κ2) is 9.06. The van der Waals surface area contributed by atoms with Gasteiger partial charge in [-0.15, -0.1) is 0 Å². The minimum atomic E-state index is -0.704. The first-order valence-electron chi connectivity index (χ1n) is 12.1. The highest BCUT2D eigenvalue weighted by Gasteiger charge is 2.38. The number of nitrogens with zero attached hydrogens (tertiary/aromatic N) is 3. The van der Waals surface area contributed by atoms with Gasteiger partial charge in [0, 0.05) is 35.8 Å². The Morgan fingerprint density at radius 3 is 2.57 bits per heavy atom. The Labute approximate surface area is 205 Å². The molecule has 0 saturated carbocycles. The summed E-state index contributed by atoms with van der Waals surface area (Å²) in [6.45, 7) is 12.0. The highest BCUT2D eigenvalue weighted by molar-refractivity contribution is 6.09. The number of carbonyl (C=O) groups excluding carboxylic acids is 1. The van der Waals surface area contributed by atoms with E-state index in [0.717, 1.165) is 27.6 Å². The van der Waals surface area contributed by atoms with E-state index < -0.39 is 11.7 Å². The second-order valence-electron chi connectivity index (χ2n) is 9.76. The van der Waals surface area contributed by atoms with Crippen LogP contribution in [0, 0.1) is 5.92 Å². The molecule has 3 heterocycles. The number of carbonyl (C=O) groups is 1. The molecule has 0 spiro atoms. The number of aromatic nitrogens is 2. The predicted molar refractivity (Wildman–Crippen MR) is 137 cm³/mol. The maximum absolute atomic E-state index is 12.8. The van der Waals surface area contributed by atoms with Crippen LogP contribution >= 0.6 is 0 Å². The van der Waals surface area contributed by atoms with Crippen molar-refractivity contribution in [1.82, 2.24) is 14.9 Å². The van der Waals surface area contributed by atoms with Crippen molar-refractivity contribution in [3.8, 4) is 5.75 Å². The summed E-state index contributed by atoms with van der Waals surface area (Å²) in [5, 5.41) is 12.6. The molecule has 2 aliphatic heterocycles. The molecule has 1 saturated heterocycles. The van der Waals surface area contributed by atoms with E-state index in [1.54, 1.807) is 6.08 Å². The molecule has 0 aliphatic carbocycles. The molecule has 2 atom stereocenters. The summed E-state index contributed by atoms with van der Waals surface area (Å²) in [5.74, 6) is 0.529. The van der Waals surface area contributed by atoms with Gasteiger partial charge in [-0.1, -0.05) is 43.8 Å². The quantitative estimate of drug-likeness (QED) is 0.577. The number of amides is 1. The Bertz CT molecular complexity index is 1340. The van der Waals surface area contributed by atoms with Crippen molar-refractivity contribution >= 4 is 39.9 Å². The minimum Gasteiger partial charge on any atom is -0.484 e. The molecule has 35 heavy (non-hydrogen) atoms. The van der Waals surface area contributed by atoms with E-state index in [2.05, 4.69) is 6.58 Å². The van der Waals surface area contributed by atoms with Gasteiger partial charge in [-0.2, -0.15) is 0 Å². The van der Waals surface area contributed by atoms with Crippen LogP contribution in [0.5, 0.6) is 5.75 Å². The van der Waals surface area contributed by atoms with Crippen molar-refractivity contribution in [2.45, 2.75) is 38.9 Å². The van der Waals surface area contributed by atoms with Crippen molar-refractivity contribution in [2.75, 3.05) is 26.3 Å². The molecule has 182 valence electrons. The largest absolute Gasteiger partial charge is 0.484 e. The summed E-state index contributed by atoms with van der Waals surface area (Å²) >= 11 is 0. The molecule has 2 unspecified atom stereocenters. The van der Waals surface area contributed by atoms with E-state index in [-0.39, 0.29) is 11.8 Å². The lowest BCUT2D eigenvalue weighted by Crippen LogP contribution is -2.46. The van der Waals surface area contributed by atoms with Crippen LogP contribution in [0.3, 0.4) is 0 Å². The molecule has 3 aromatic rings. The molecule has 7 nitrogen and oxygen atoms in total. The van der Waals surface area contributed by atoms with Gasteiger partial charge in [0.2, 0.25) is 5.91 Å². The summed E-state index contributed by atoms with van der Waals surface area (Å²) < 4.78 is 11.7. The first-order valence-corrected chi connectivity index (χ1v) is 12.1. The summed E-state index contributed by atoms with van der Waals surface area (Å²) in [5.41, 5.74) is 2.87. The number of aliphatic hydroxyl groups is 1. The Balaban J connectivity index is 1.61. The molecule has 0 bridgehead atoms. The fourth-order valence-corrected chi connectivity index (χ4v) is 4.76. The third kappa shape index (κ3) is 4.19. The molecule has 1 N–H and O–H groups in total. The van der Waals surface area contributed by atoms with Gasteiger partial charge in [0.05, 0.1) is 47.7 Å². The van der Waals surface area contributed by atoms with E-state index >= 15 is 0 Å². The molecule has 0 radical (unpaired) electrons. The van der Waals surface area contributed by atoms with Gasteiger partial charge in [-0.25, -0.2) is 9.97 Å². The van der Waals surface area contributed by atoms with Crippen LogP contribution in [0.2, 0.25) is 0 Å². The van der Waals surface area contributed by atoms with E-state index in [1.165, 1.54) is 0 Å². The average Bonchev–Trinajstić information content (AvgIpc) is 2.88. The maximum atomic E-state index is 12.8. The van der Waals surface area contributed by atoms with Gasteiger partial charge < -0.3 is 19.5 Å². The fraction of sp³-hybridized carbons (Fsp3) is 0.393. The fourth-order valence-electron chi connectivity index (χ4n) is 4.76. The van der Waals surface area contributed by atoms with Gasteiger partial charge in [-0.3, -0.25) is 4.79 Å². The third-order valence-corrected chi connectivity index (χ3v) is 6.95. The number of hydrogen-bond donors (Lipinski definition) is 1. The molecule has 1 fully saturated rings. The summed E-state index contributed by atoms with van der Waals surface area (Å²) in [6, 6.07) is 7.97. The van der Waals surface area contributed by atoms with Crippen LogP contribution in [-0.2, 0) is 16.0 Å².